The number of nitrogens with one attached hydrogen (secondary N) is 1. The van der Waals surface area contributed by atoms with Gasteiger partial charge in [-0.1, -0.05) is 23.4 Å². The van der Waals surface area contributed by atoms with Gasteiger partial charge in [-0.2, -0.15) is 0 Å². The van der Waals surface area contributed by atoms with Gasteiger partial charge in [-0.3, -0.25) is 0 Å². The number of hydrogen-bond acceptors (Lipinski definition) is 5. The fourth-order valence-electron chi connectivity index (χ4n) is 2.91. The maximum atomic E-state index is 5.71. The van der Waals surface area contributed by atoms with E-state index in [1.807, 2.05) is 54.2 Å². The van der Waals surface area contributed by atoms with Crippen LogP contribution < -0.4 is 5.32 Å². The number of anilines is 1. The average molecular weight is 333 g/mol. The van der Waals surface area contributed by atoms with Gasteiger partial charge in [0.2, 0.25) is 5.89 Å². The van der Waals surface area contributed by atoms with Crippen molar-refractivity contribution in [3.63, 3.8) is 0 Å². The Bertz CT molecular complexity index is 1030. The van der Waals surface area contributed by atoms with Crippen molar-refractivity contribution in [1.82, 2.24) is 20.0 Å². The predicted octanol–water partition coefficient (Wildman–Crippen LogP) is 4.38. The number of fused-ring (bicyclic) bond motifs is 1. The van der Waals surface area contributed by atoms with Crippen LogP contribution in [-0.2, 0) is 0 Å². The first-order valence-corrected chi connectivity index (χ1v) is 8.25. The molecule has 0 spiro atoms. The van der Waals surface area contributed by atoms with E-state index < -0.39 is 0 Å². The van der Waals surface area contributed by atoms with Crippen LogP contribution in [0.15, 0.2) is 53.1 Å². The monoisotopic (exact) mass is 333 g/mol. The molecule has 0 fully saturated rings. The van der Waals surface area contributed by atoms with E-state index in [2.05, 4.69) is 34.5 Å². The number of rotatable bonds is 4. The Morgan fingerprint density at radius 2 is 1.96 bits per heavy atom. The number of aromatic nitrogens is 4. The molecule has 4 rings (SSSR count). The van der Waals surface area contributed by atoms with Crippen LogP contribution >= 0.6 is 0 Å². The lowest BCUT2D eigenvalue weighted by Gasteiger charge is -2.05. The summed E-state index contributed by atoms with van der Waals surface area (Å²) in [5.41, 5.74) is 5.54. The number of para-hydroxylation sites is 1. The zero-order valence-corrected chi connectivity index (χ0v) is 14.4. The minimum atomic E-state index is 0.266. The van der Waals surface area contributed by atoms with Crippen molar-refractivity contribution >= 4 is 16.7 Å². The Hall–Kier alpha value is -3.15. The number of nitrogens with zero attached hydrogens (tertiary/aromatic N) is 4. The summed E-state index contributed by atoms with van der Waals surface area (Å²) in [6.07, 6.45) is 1.68. The highest BCUT2D eigenvalue weighted by Crippen LogP contribution is 2.30. The summed E-state index contributed by atoms with van der Waals surface area (Å²) in [5, 5.41) is 11.6. The molecule has 126 valence electrons. The van der Waals surface area contributed by atoms with Crippen molar-refractivity contribution in [2.75, 3.05) is 12.4 Å². The SMILES string of the molecule is CNc1ccccc1-c1coc(-c2ccc3c(c2)nnn3C(C)C)n1. The zero-order chi connectivity index (χ0) is 17.4. The summed E-state index contributed by atoms with van der Waals surface area (Å²) in [5.74, 6) is 0.571. The Morgan fingerprint density at radius 1 is 1.12 bits per heavy atom. The molecule has 4 aromatic rings. The van der Waals surface area contributed by atoms with E-state index in [9.17, 15) is 0 Å². The van der Waals surface area contributed by atoms with Crippen LogP contribution in [0.4, 0.5) is 5.69 Å². The maximum absolute atomic E-state index is 5.71. The number of hydrogen-bond donors (Lipinski definition) is 1. The van der Waals surface area contributed by atoms with Gasteiger partial charge in [0.25, 0.3) is 0 Å². The van der Waals surface area contributed by atoms with Gasteiger partial charge in [0.1, 0.15) is 17.5 Å². The molecule has 6 nitrogen and oxygen atoms in total. The van der Waals surface area contributed by atoms with Crippen molar-refractivity contribution in [2.24, 2.45) is 0 Å². The van der Waals surface area contributed by atoms with E-state index in [0.29, 0.717) is 5.89 Å². The summed E-state index contributed by atoms with van der Waals surface area (Å²) in [4.78, 5) is 4.65. The molecule has 6 heteroatoms. The van der Waals surface area contributed by atoms with E-state index in [4.69, 9.17) is 4.42 Å². The summed E-state index contributed by atoms with van der Waals surface area (Å²) >= 11 is 0. The van der Waals surface area contributed by atoms with E-state index in [-0.39, 0.29) is 6.04 Å². The average Bonchev–Trinajstić information content (AvgIpc) is 3.28. The Morgan fingerprint density at radius 3 is 2.76 bits per heavy atom. The highest BCUT2D eigenvalue weighted by molar-refractivity contribution is 5.81. The van der Waals surface area contributed by atoms with Crippen LogP contribution in [0.5, 0.6) is 0 Å². The maximum Gasteiger partial charge on any atom is 0.226 e. The van der Waals surface area contributed by atoms with Crippen LogP contribution in [0.1, 0.15) is 19.9 Å². The van der Waals surface area contributed by atoms with Gasteiger partial charge in [0.15, 0.2) is 0 Å². The third kappa shape index (κ3) is 2.65. The quantitative estimate of drug-likeness (QED) is 0.600. The molecule has 25 heavy (non-hydrogen) atoms. The lowest BCUT2D eigenvalue weighted by Crippen LogP contribution is -2.02. The normalized spacial score (nSPS) is 11.4. The number of benzene rings is 2. The molecule has 0 aliphatic heterocycles. The Kier molecular flexibility index (Phi) is 3.72. The molecule has 0 saturated carbocycles. The van der Waals surface area contributed by atoms with Gasteiger partial charge in [0.05, 0.1) is 5.52 Å². The minimum absolute atomic E-state index is 0.266. The minimum Gasteiger partial charge on any atom is -0.444 e. The first-order chi connectivity index (χ1) is 12.2. The molecule has 2 aromatic carbocycles. The molecule has 0 aliphatic rings. The fourth-order valence-corrected chi connectivity index (χ4v) is 2.91. The first-order valence-electron chi connectivity index (χ1n) is 8.25. The second kappa shape index (κ2) is 6.05. The predicted molar refractivity (Wildman–Crippen MR) is 98.4 cm³/mol. The zero-order valence-electron chi connectivity index (χ0n) is 14.4. The summed E-state index contributed by atoms with van der Waals surface area (Å²) in [7, 11) is 1.89. The fraction of sp³-hybridized carbons (Fsp3) is 0.211. The third-order valence-corrected chi connectivity index (χ3v) is 4.18. The van der Waals surface area contributed by atoms with Crippen LogP contribution in [0.2, 0.25) is 0 Å². The van der Waals surface area contributed by atoms with E-state index in [1.54, 1.807) is 6.26 Å². The van der Waals surface area contributed by atoms with Gasteiger partial charge in [0, 0.05) is 29.9 Å². The molecular formula is C19H19N5O. The standard InChI is InChI=1S/C19H19N5O/c1-12(2)24-18-9-8-13(10-16(18)22-23-24)19-21-17(11-25-19)14-6-4-5-7-15(14)20-3/h4-12,20H,1-3H3. The molecule has 0 saturated heterocycles. The molecular weight excluding hydrogens is 314 g/mol. The van der Waals surface area contributed by atoms with E-state index in [0.717, 1.165) is 33.5 Å². The smallest absolute Gasteiger partial charge is 0.226 e. The molecule has 0 atom stereocenters. The molecule has 0 unspecified atom stereocenters. The molecule has 2 heterocycles. The molecule has 0 radical (unpaired) electrons. The van der Waals surface area contributed by atoms with Crippen molar-refractivity contribution < 1.29 is 4.42 Å². The van der Waals surface area contributed by atoms with Crippen LogP contribution in [-0.4, -0.2) is 27.0 Å². The van der Waals surface area contributed by atoms with Gasteiger partial charge in [-0.05, 0) is 38.1 Å². The Labute approximate surface area is 145 Å². The molecule has 0 bridgehead atoms. The lowest BCUT2D eigenvalue weighted by molar-refractivity contribution is 0.530. The molecule has 0 amide bonds. The van der Waals surface area contributed by atoms with Crippen LogP contribution in [0.25, 0.3) is 33.7 Å². The summed E-state index contributed by atoms with van der Waals surface area (Å²) in [6, 6.07) is 14.2. The third-order valence-electron chi connectivity index (χ3n) is 4.18. The van der Waals surface area contributed by atoms with Gasteiger partial charge in [-0.15, -0.1) is 5.10 Å². The second-order valence-corrected chi connectivity index (χ2v) is 6.16. The van der Waals surface area contributed by atoms with Crippen LogP contribution in [0.3, 0.4) is 0 Å². The van der Waals surface area contributed by atoms with Gasteiger partial charge >= 0.3 is 0 Å². The van der Waals surface area contributed by atoms with Gasteiger partial charge < -0.3 is 9.73 Å². The van der Waals surface area contributed by atoms with Crippen molar-refractivity contribution in [3.8, 4) is 22.7 Å². The highest BCUT2D eigenvalue weighted by Gasteiger charge is 2.13. The van der Waals surface area contributed by atoms with Crippen molar-refractivity contribution in [1.29, 1.82) is 0 Å². The van der Waals surface area contributed by atoms with Crippen molar-refractivity contribution in [3.05, 3.63) is 48.7 Å². The van der Waals surface area contributed by atoms with E-state index in [1.165, 1.54) is 0 Å². The first kappa shape index (κ1) is 15.4. The second-order valence-electron chi connectivity index (χ2n) is 6.16. The van der Waals surface area contributed by atoms with E-state index >= 15 is 0 Å². The largest absolute Gasteiger partial charge is 0.444 e. The lowest BCUT2D eigenvalue weighted by atomic mass is 10.1. The van der Waals surface area contributed by atoms with Gasteiger partial charge in [-0.25, -0.2) is 9.67 Å². The number of oxazole rings is 1. The topological polar surface area (TPSA) is 68.8 Å². The molecule has 2 aromatic heterocycles. The highest BCUT2D eigenvalue weighted by atomic mass is 16.3. The molecule has 1 N–H and O–H groups in total. The summed E-state index contributed by atoms with van der Waals surface area (Å²) < 4.78 is 7.62. The van der Waals surface area contributed by atoms with Crippen LogP contribution in [0, 0.1) is 0 Å². The summed E-state index contributed by atoms with van der Waals surface area (Å²) in [6.45, 7) is 4.17. The van der Waals surface area contributed by atoms with Crippen molar-refractivity contribution in [2.45, 2.75) is 19.9 Å². The molecule has 0 aliphatic carbocycles. The Balaban J connectivity index is 1.74.